The Morgan fingerprint density at radius 2 is 2.03 bits per heavy atom. The first-order chi connectivity index (χ1) is 15.3. The molecular weight excluding hydrogens is 434 g/mol. The molecule has 2 heterocycles. The number of anilines is 2. The second-order valence-electron chi connectivity index (χ2n) is 6.67. The van der Waals surface area contributed by atoms with Gasteiger partial charge in [-0.1, -0.05) is 12.1 Å². The van der Waals surface area contributed by atoms with E-state index in [1.807, 2.05) is 24.3 Å². The van der Waals surface area contributed by atoms with Crippen molar-refractivity contribution in [3.8, 4) is 11.4 Å². The maximum Gasteiger partial charge on any atom is 0.341 e. The number of carbonyl (C=O) groups excluding carboxylic acids is 3. The third-order valence-corrected chi connectivity index (χ3v) is 5.71. The van der Waals surface area contributed by atoms with Gasteiger partial charge in [-0.2, -0.15) is 0 Å². The average Bonchev–Trinajstić information content (AvgIpc) is 3.35. The van der Waals surface area contributed by atoms with Crippen molar-refractivity contribution in [3.05, 3.63) is 40.3 Å². The van der Waals surface area contributed by atoms with E-state index in [9.17, 15) is 14.4 Å². The third kappa shape index (κ3) is 4.91. The predicted octanol–water partition coefficient (Wildman–Crippen LogP) is 1.83. The van der Waals surface area contributed by atoms with Crippen molar-refractivity contribution in [2.75, 3.05) is 30.8 Å². The van der Waals surface area contributed by atoms with Gasteiger partial charge in [-0.25, -0.2) is 9.48 Å². The SMILES string of the molecule is CCOC(=O)c1c(NC(=O)CNc2cccc(-c3nnnn3C)c2)sc(C(=O)NC)c1C. The molecule has 0 saturated carbocycles. The normalized spacial score (nSPS) is 10.5. The van der Waals surface area contributed by atoms with Crippen LogP contribution in [0.15, 0.2) is 24.3 Å². The van der Waals surface area contributed by atoms with Crippen molar-refractivity contribution in [2.45, 2.75) is 13.8 Å². The minimum atomic E-state index is -0.593. The molecule has 3 rings (SSSR count). The molecule has 2 aromatic heterocycles. The molecule has 0 aliphatic carbocycles. The Morgan fingerprint density at radius 1 is 1.25 bits per heavy atom. The van der Waals surface area contributed by atoms with E-state index in [-0.39, 0.29) is 35.5 Å². The summed E-state index contributed by atoms with van der Waals surface area (Å²) in [5, 5.41) is 20.0. The van der Waals surface area contributed by atoms with E-state index in [1.165, 1.54) is 7.05 Å². The van der Waals surface area contributed by atoms with E-state index in [1.54, 1.807) is 25.6 Å². The van der Waals surface area contributed by atoms with Gasteiger partial charge in [-0.15, -0.1) is 16.4 Å². The van der Waals surface area contributed by atoms with E-state index >= 15 is 0 Å². The molecule has 0 saturated heterocycles. The van der Waals surface area contributed by atoms with Gasteiger partial charge in [0.1, 0.15) is 5.00 Å². The molecule has 0 aliphatic heterocycles. The maximum absolute atomic E-state index is 12.6. The van der Waals surface area contributed by atoms with Crippen LogP contribution in [0.25, 0.3) is 11.4 Å². The monoisotopic (exact) mass is 457 g/mol. The molecule has 0 bridgehead atoms. The molecule has 11 nitrogen and oxygen atoms in total. The van der Waals surface area contributed by atoms with Gasteiger partial charge in [0.25, 0.3) is 5.91 Å². The van der Waals surface area contributed by atoms with E-state index in [4.69, 9.17) is 4.74 Å². The van der Waals surface area contributed by atoms with Crippen LogP contribution in [0.1, 0.15) is 32.5 Å². The Labute approximate surface area is 188 Å². The van der Waals surface area contributed by atoms with Gasteiger partial charge < -0.3 is 20.7 Å². The van der Waals surface area contributed by atoms with Gasteiger partial charge in [-0.05, 0) is 42.0 Å². The Balaban J connectivity index is 1.74. The van der Waals surface area contributed by atoms with Crippen LogP contribution >= 0.6 is 11.3 Å². The van der Waals surface area contributed by atoms with Crippen LogP contribution in [-0.4, -0.2) is 58.2 Å². The summed E-state index contributed by atoms with van der Waals surface area (Å²) in [5.74, 6) is -0.727. The van der Waals surface area contributed by atoms with Gasteiger partial charge in [0.15, 0.2) is 5.82 Å². The molecule has 0 atom stereocenters. The standard InChI is InChI=1S/C20H23N7O4S/c1-5-31-20(30)15-11(2)16(18(29)21-3)32-19(15)23-14(28)10-22-13-8-6-7-12(9-13)17-24-25-26-27(17)4/h6-9,22H,5,10H2,1-4H3,(H,21,29)(H,23,28). The third-order valence-electron chi connectivity index (χ3n) is 4.51. The highest BCUT2D eigenvalue weighted by atomic mass is 32.1. The molecule has 2 amide bonds. The largest absolute Gasteiger partial charge is 0.462 e. The van der Waals surface area contributed by atoms with Crippen molar-refractivity contribution >= 4 is 39.8 Å². The maximum atomic E-state index is 12.6. The predicted molar refractivity (Wildman–Crippen MR) is 120 cm³/mol. The Bertz CT molecular complexity index is 1150. The van der Waals surface area contributed by atoms with Crippen molar-refractivity contribution in [1.82, 2.24) is 25.5 Å². The van der Waals surface area contributed by atoms with E-state index in [2.05, 4.69) is 31.5 Å². The van der Waals surface area contributed by atoms with Crippen LogP contribution in [0.4, 0.5) is 10.7 Å². The van der Waals surface area contributed by atoms with Gasteiger partial charge in [0.2, 0.25) is 5.91 Å². The molecule has 3 aromatic rings. The number of tetrazole rings is 1. The minimum Gasteiger partial charge on any atom is -0.462 e. The molecular formula is C20H23N7O4S. The van der Waals surface area contributed by atoms with E-state index < -0.39 is 5.97 Å². The first-order valence-corrected chi connectivity index (χ1v) is 10.6. The number of hydrogen-bond donors (Lipinski definition) is 3. The zero-order valence-electron chi connectivity index (χ0n) is 18.1. The van der Waals surface area contributed by atoms with Crippen molar-refractivity contribution in [2.24, 2.45) is 7.05 Å². The number of aryl methyl sites for hydroxylation is 1. The summed E-state index contributed by atoms with van der Waals surface area (Å²) in [7, 11) is 3.24. The second-order valence-corrected chi connectivity index (χ2v) is 7.69. The lowest BCUT2D eigenvalue weighted by Gasteiger charge is -2.09. The number of esters is 1. The summed E-state index contributed by atoms with van der Waals surface area (Å²) in [4.78, 5) is 37.5. The number of carbonyl (C=O) groups is 3. The highest BCUT2D eigenvalue weighted by Crippen LogP contribution is 2.33. The molecule has 0 spiro atoms. The fraction of sp³-hybridized carbons (Fsp3) is 0.300. The van der Waals surface area contributed by atoms with Crippen LogP contribution in [-0.2, 0) is 16.6 Å². The molecule has 0 aliphatic rings. The summed E-state index contributed by atoms with van der Waals surface area (Å²) < 4.78 is 6.64. The molecule has 32 heavy (non-hydrogen) atoms. The molecule has 0 unspecified atom stereocenters. The Kier molecular flexibility index (Phi) is 7.15. The summed E-state index contributed by atoms with van der Waals surface area (Å²) in [6.07, 6.45) is 0. The fourth-order valence-corrected chi connectivity index (χ4v) is 4.13. The lowest BCUT2D eigenvalue weighted by atomic mass is 10.1. The number of nitrogens with zero attached hydrogens (tertiary/aromatic N) is 4. The molecule has 1 aromatic carbocycles. The number of amides is 2. The molecule has 12 heteroatoms. The average molecular weight is 458 g/mol. The van der Waals surface area contributed by atoms with Crippen molar-refractivity contribution < 1.29 is 19.1 Å². The minimum absolute atomic E-state index is 0.0605. The molecule has 0 fully saturated rings. The summed E-state index contributed by atoms with van der Waals surface area (Å²) in [6, 6.07) is 7.31. The van der Waals surface area contributed by atoms with Gasteiger partial charge in [0, 0.05) is 25.3 Å². The molecule has 0 radical (unpaired) electrons. The highest BCUT2D eigenvalue weighted by Gasteiger charge is 2.26. The van der Waals surface area contributed by atoms with Crippen LogP contribution in [0.3, 0.4) is 0 Å². The van der Waals surface area contributed by atoms with E-state index in [0.29, 0.717) is 22.0 Å². The quantitative estimate of drug-likeness (QED) is 0.435. The summed E-state index contributed by atoms with van der Waals surface area (Å²) >= 11 is 1.03. The van der Waals surface area contributed by atoms with E-state index in [0.717, 1.165) is 16.9 Å². The topological polar surface area (TPSA) is 140 Å². The molecule has 168 valence electrons. The van der Waals surface area contributed by atoms with Crippen LogP contribution in [0.5, 0.6) is 0 Å². The first kappa shape index (κ1) is 22.9. The number of benzene rings is 1. The zero-order chi connectivity index (χ0) is 23.3. The van der Waals surface area contributed by atoms with Crippen LogP contribution < -0.4 is 16.0 Å². The number of rotatable bonds is 8. The van der Waals surface area contributed by atoms with Crippen molar-refractivity contribution in [1.29, 1.82) is 0 Å². The van der Waals surface area contributed by atoms with Gasteiger partial charge >= 0.3 is 5.97 Å². The number of ether oxygens (including phenoxy) is 1. The summed E-state index contributed by atoms with van der Waals surface area (Å²) in [5.41, 5.74) is 2.12. The van der Waals surface area contributed by atoms with Gasteiger partial charge in [-0.3, -0.25) is 9.59 Å². The number of thiophene rings is 1. The van der Waals surface area contributed by atoms with Gasteiger partial charge in [0.05, 0.1) is 23.6 Å². The van der Waals surface area contributed by atoms with Crippen molar-refractivity contribution in [3.63, 3.8) is 0 Å². The number of nitrogens with one attached hydrogen (secondary N) is 3. The first-order valence-electron chi connectivity index (χ1n) is 9.74. The smallest absolute Gasteiger partial charge is 0.341 e. The fourth-order valence-electron chi connectivity index (χ4n) is 2.98. The number of hydrogen-bond acceptors (Lipinski definition) is 9. The van der Waals surface area contributed by atoms with Crippen LogP contribution in [0, 0.1) is 6.92 Å². The Morgan fingerprint density at radius 3 is 2.69 bits per heavy atom. The lowest BCUT2D eigenvalue weighted by Crippen LogP contribution is -2.22. The molecule has 3 N–H and O–H groups in total. The highest BCUT2D eigenvalue weighted by molar-refractivity contribution is 7.18. The Hall–Kier alpha value is -3.80. The number of aromatic nitrogens is 4. The lowest BCUT2D eigenvalue weighted by molar-refractivity contribution is -0.114. The second kappa shape index (κ2) is 10.0. The van der Waals surface area contributed by atoms with Crippen LogP contribution in [0.2, 0.25) is 0 Å². The summed E-state index contributed by atoms with van der Waals surface area (Å²) in [6.45, 7) is 3.45. The zero-order valence-corrected chi connectivity index (χ0v) is 18.9.